The van der Waals surface area contributed by atoms with Gasteiger partial charge in [-0.25, -0.2) is 9.79 Å². The molecule has 0 radical (unpaired) electrons. The van der Waals surface area contributed by atoms with Gasteiger partial charge in [0.2, 0.25) is 5.91 Å². The first-order valence-electron chi connectivity index (χ1n) is 9.44. The molecule has 1 atom stereocenters. The number of thioether (sulfide) groups is 1. The lowest BCUT2D eigenvalue weighted by molar-refractivity contribution is -0.141. The van der Waals surface area contributed by atoms with Crippen molar-refractivity contribution in [1.29, 1.82) is 0 Å². The normalized spacial score (nSPS) is 19.6. The van der Waals surface area contributed by atoms with E-state index in [-0.39, 0.29) is 12.5 Å². The summed E-state index contributed by atoms with van der Waals surface area (Å²) in [6, 6.07) is 7.56. The molecule has 1 unspecified atom stereocenters. The number of benzene rings is 1. The highest BCUT2D eigenvalue weighted by molar-refractivity contribution is 8.14. The number of amidine groups is 1. The van der Waals surface area contributed by atoms with Gasteiger partial charge < -0.3 is 9.47 Å². The average molecular weight is 403 g/mol. The highest BCUT2D eigenvalue weighted by Crippen LogP contribution is 2.40. The fourth-order valence-electron chi connectivity index (χ4n) is 3.33. The standard InChI is InChI=1S/C21H26N2O4S/c1-13(2)15-5-7-16(8-6-15)19-18(20(25)27-11-10-26-4)14(3)22-21-23(19)17(24)9-12-28-21/h5-8,13,19H,9-12H2,1-4H3. The van der Waals surface area contributed by atoms with Gasteiger partial charge in [0, 0.05) is 19.3 Å². The topological polar surface area (TPSA) is 68.2 Å². The van der Waals surface area contributed by atoms with Crippen molar-refractivity contribution >= 4 is 28.8 Å². The summed E-state index contributed by atoms with van der Waals surface area (Å²) in [7, 11) is 1.55. The van der Waals surface area contributed by atoms with Crippen LogP contribution < -0.4 is 0 Å². The summed E-state index contributed by atoms with van der Waals surface area (Å²) in [4.78, 5) is 31.8. The summed E-state index contributed by atoms with van der Waals surface area (Å²) in [6.45, 7) is 6.54. The van der Waals surface area contributed by atoms with Gasteiger partial charge in [-0.3, -0.25) is 9.69 Å². The monoisotopic (exact) mass is 402 g/mol. The van der Waals surface area contributed by atoms with Gasteiger partial charge >= 0.3 is 5.97 Å². The maximum atomic E-state index is 12.9. The fraction of sp³-hybridized carbons (Fsp3) is 0.476. The molecule has 1 amide bonds. The molecule has 1 aromatic carbocycles. The summed E-state index contributed by atoms with van der Waals surface area (Å²) < 4.78 is 10.4. The summed E-state index contributed by atoms with van der Waals surface area (Å²) in [5.41, 5.74) is 3.09. The number of fused-ring (bicyclic) bond motifs is 1. The Morgan fingerprint density at radius 2 is 2.00 bits per heavy atom. The van der Waals surface area contributed by atoms with Crippen LogP contribution in [0, 0.1) is 0 Å². The van der Waals surface area contributed by atoms with Gasteiger partial charge in [0.15, 0.2) is 5.17 Å². The van der Waals surface area contributed by atoms with E-state index in [0.717, 1.165) is 5.56 Å². The van der Waals surface area contributed by atoms with Crippen molar-refractivity contribution in [2.75, 3.05) is 26.1 Å². The van der Waals surface area contributed by atoms with E-state index in [1.165, 1.54) is 5.56 Å². The first-order valence-corrected chi connectivity index (χ1v) is 10.4. The van der Waals surface area contributed by atoms with Gasteiger partial charge in [0.05, 0.1) is 23.9 Å². The molecule has 2 aliphatic heterocycles. The van der Waals surface area contributed by atoms with Crippen LogP contribution in [-0.4, -0.2) is 48.0 Å². The molecule has 0 saturated carbocycles. The number of hydrogen-bond donors (Lipinski definition) is 0. The van der Waals surface area contributed by atoms with Crippen molar-refractivity contribution in [1.82, 2.24) is 4.90 Å². The average Bonchev–Trinajstić information content (AvgIpc) is 2.67. The van der Waals surface area contributed by atoms with Gasteiger partial charge in [-0.1, -0.05) is 49.9 Å². The number of nitrogens with zero attached hydrogens (tertiary/aromatic N) is 2. The fourth-order valence-corrected chi connectivity index (χ4v) is 4.34. The van der Waals surface area contributed by atoms with Gasteiger partial charge in [-0.15, -0.1) is 0 Å². The van der Waals surface area contributed by atoms with Gasteiger partial charge in [-0.2, -0.15) is 0 Å². The van der Waals surface area contributed by atoms with E-state index in [1.807, 2.05) is 12.1 Å². The Morgan fingerprint density at radius 3 is 2.64 bits per heavy atom. The molecular formula is C21H26N2O4S. The van der Waals surface area contributed by atoms with E-state index in [0.29, 0.717) is 41.1 Å². The predicted octanol–water partition coefficient (Wildman–Crippen LogP) is 3.65. The quantitative estimate of drug-likeness (QED) is 0.537. The van der Waals surface area contributed by atoms with E-state index in [1.54, 1.807) is 30.7 Å². The highest BCUT2D eigenvalue weighted by Gasteiger charge is 2.41. The Labute approximate surface area is 170 Å². The number of allylic oxidation sites excluding steroid dienone is 1. The number of hydrogen-bond acceptors (Lipinski definition) is 6. The van der Waals surface area contributed by atoms with Crippen LogP contribution in [0.2, 0.25) is 0 Å². The van der Waals surface area contributed by atoms with Crippen LogP contribution in [0.3, 0.4) is 0 Å². The van der Waals surface area contributed by atoms with Gasteiger partial charge in [-0.05, 0) is 24.0 Å². The van der Waals surface area contributed by atoms with Crippen LogP contribution >= 0.6 is 11.8 Å². The molecule has 6 nitrogen and oxygen atoms in total. The predicted molar refractivity (Wildman–Crippen MR) is 110 cm³/mol. The molecule has 0 spiro atoms. The number of ether oxygens (including phenoxy) is 2. The van der Waals surface area contributed by atoms with Crippen molar-refractivity contribution in [3.63, 3.8) is 0 Å². The zero-order valence-electron chi connectivity index (χ0n) is 16.7. The third-order valence-electron chi connectivity index (χ3n) is 4.87. The van der Waals surface area contributed by atoms with Crippen LogP contribution in [0.5, 0.6) is 0 Å². The third-order valence-corrected chi connectivity index (χ3v) is 5.82. The summed E-state index contributed by atoms with van der Waals surface area (Å²) in [5, 5.41) is 0.653. The minimum Gasteiger partial charge on any atom is -0.460 e. The molecule has 0 N–H and O–H groups in total. The Kier molecular flexibility index (Phi) is 6.57. The largest absolute Gasteiger partial charge is 0.460 e. The van der Waals surface area contributed by atoms with Gasteiger partial charge in [0.25, 0.3) is 0 Å². The molecule has 1 aromatic rings. The van der Waals surface area contributed by atoms with Crippen LogP contribution in [-0.2, 0) is 19.1 Å². The summed E-state index contributed by atoms with van der Waals surface area (Å²) >= 11 is 1.55. The maximum absolute atomic E-state index is 12.9. The van der Waals surface area contributed by atoms with Crippen LogP contribution in [0.1, 0.15) is 50.3 Å². The number of carbonyl (C=O) groups is 2. The van der Waals surface area contributed by atoms with E-state index < -0.39 is 12.0 Å². The number of esters is 1. The lowest BCUT2D eigenvalue weighted by Crippen LogP contribution is -2.45. The maximum Gasteiger partial charge on any atom is 0.338 e. The van der Waals surface area contributed by atoms with Crippen molar-refractivity contribution < 1.29 is 19.1 Å². The number of carbonyl (C=O) groups excluding carboxylic acids is 2. The second kappa shape index (κ2) is 8.92. The second-order valence-corrected chi connectivity index (χ2v) is 8.17. The molecule has 3 rings (SSSR count). The Hall–Kier alpha value is -2.12. The Morgan fingerprint density at radius 1 is 1.29 bits per heavy atom. The van der Waals surface area contributed by atoms with Gasteiger partial charge in [0.1, 0.15) is 6.61 Å². The molecule has 7 heteroatoms. The lowest BCUT2D eigenvalue weighted by Gasteiger charge is -2.39. The molecule has 1 saturated heterocycles. The summed E-state index contributed by atoms with van der Waals surface area (Å²) in [6.07, 6.45) is 0.426. The molecule has 0 aromatic heterocycles. The SMILES string of the molecule is COCCOC(=O)C1=C(C)N=C2SCCC(=O)N2C1c1ccc(C(C)C)cc1. The minimum atomic E-state index is -0.524. The zero-order chi connectivity index (χ0) is 20.3. The van der Waals surface area contributed by atoms with Crippen molar-refractivity contribution in [3.8, 4) is 0 Å². The Balaban J connectivity index is 2.03. The number of amides is 1. The second-order valence-electron chi connectivity index (χ2n) is 7.11. The molecule has 1 fully saturated rings. The molecular weight excluding hydrogens is 376 g/mol. The van der Waals surface area contributed by atoms with E-state index in [9.17, 15) is 9.59 Å². The van der Waals surface area contributed by atoms with Crippen LogP contribution in [0.4, 0.5) is 0 Å². The first kappa shape index (κ1) is 20.6. The molecule has 0 bridgehead atoms. The molecule has 150 valence electrons. The first-order chi connectivity index (χ1) is 13.4. The molecule has 2 aliphatic rings. The minimum absolute atomic E-state index is 0.0230. The molecule has 28 heavy (non-hydrogen) atoms. The highest BCUT2D eigenvalue weighted by atomic mass is 32.2. The van der Waals surface area contributed by atoms with Crippen LogP contribution in [0.25, 0.3) is 0 Å². The number of rotatable bonds is 6. The third kappa shape index (κ3) is 4.15. The van der Waals surface area contributed by atoms with Crippen LogP contribution in [0.15, 0.2) is 40.5 Å². The molecule has 2 heterocycles. The van der Waals surface area contributed by atoms with E-state index in [2.05, 4.69) is 31.0 Å². The summed E-state index contributed by atoms with van der Waals surface area (Å²) in [5.74, 6) is 0.623. The Bertz CT molecular complexity index is 814. The zero-order valence-corrected chi connectivity index (χ0v) is 17.5. The van der Waals surface area contributed by atoms with E-state index in [4.69, 9.17) is 9.47 Å². The van der Waals surface area contributed by atoms with E-state index >= 15 is 0 Å². The van der Waals surface area contributed by atoms with Crippen molar-refractivity contribution in [2.45, 2.75) is 39.2 Å². The number of methoxy groups -OCH3 is 1. The smallest absolute Gasteiger partial charge is 0.338 e. The number of aliphatic imine (C=N–C) groups is 1. The van der Waals surface area contributed by atoms with Crippen molar-refractivity contribution in [2.24, 2.45) is 4.99 Å². The molecule has 0 aliphatic carbocycles. The van der Waals surface area contributed by atoms with Crippen molar-refractivity contribution in [3.05, 3.63) is 46.7 Å². The lowest BCUT2D eigenvalue weighted by atomic mass is 9.92.